The number of rotatable bonds is 7. The molecular formula is C17H23NO2. The van der Waals surface area contributed by atoms with Gasteiger partial charge < -0.3 is 14.5 Å². The van der Waals surface area contributed by atoms with Crippen LogP contribution in [0.3, 0.4) is 0 Å². The van der Waals surface area contributed by atoms with Gasteiger partial charge in [-0.15, -0.1) is 0 Å². The molecule has 0 aliphatic rings. The van der Waals surface area contributed by atoms with Gasteiger partial charge in [-0.1, -0.05) is 25.1 Å². The highest BCUT2D eigenvalue weighted by Crippen LogP contribution is 2.21. The fraction of sp³-hybridized carbons (Fsp3) is 0.412. The molecule has 0 spiro atoms. The van der Waals surface area contributed by atoms with E-state index in [1.165, 1.54) is 5.56 Å². The summed E-state index contributed by atoms with van der Waals surface area (Å²) in [7, 11) is 1.72. The smallest absolute Gasteiger partial charge is 0.122 e. The molecule has 20 heavy (non-hydrogen) atoms. The second-order valence-corrected chi connectivity index (χ2v) is 5.06. The van der Waals surface area contributed by atoms with Crippen LogP contribution in [0.1, 0.15) is 37.6 Å². The van der Waals surface area contributed by atoms with E-state index in [9.17, 15) is 0 Å². The first-order valence-corrected chi connectivity index (χ1v) is 7.16. The lowest BCUT2D eigenvalue weighted by Gasteiger charge is -2.21. The summed E-state index contributed by atoms with van der Waals surface area (Å²) in [4.78, 5) is 0. The molecule has 3 heteroatoms. The molecule has 0 amide bonds. The second kappa shape index (κ2) is 7.15. The predicted molar refractivity (Wildman–Crippen MR) is 81.0 cm³/mol. The van der Waals surface area contributed by atoms with Crippen LogP contribution in [-0.2, 0) is 6.42 Å². The molecule has 3 nitrogen and oxygen atoms in total. The van der Waals surface area contributed by atoms with E-state index in [0.29, 0.717) is 6.04 Å². The largest absolute Gasteiger partial charge is 0.496 e. The SMILES string of the molecule is CCC(NC(C)Cc1ccccc1OC)c1ccco1. The molecule has 0 radical (unpaired) electrons. The predicted octanol–water partition coefficient (Wildman–Crippen LogP) is 3.96. The lowest BCUT2D eigenvalue weighted by Crippen LogP contribution is -2.31. The number of furan rings is 1. The average molecular weight is 273 g/mol. The van der Waals surface area contributed by atoms with Crippen molar-refractivity contribution < 1.29 is 9.15 Å². The van der Waals surface area contributed by atoms with E-state index < -0.39 is 0 Å². The number of ether oxygens (including phenoxy) is 1. The van der Waals surface area contributed by atoms with Crippen molar-refractivity contribution in [3.05, 3.63) is 54.0 Å². The number of para-hydroxylation sites is 1. The van der Waals surface area contributed by atoms with Crippen molar-refractivity contribution >= 4 is 0 Å². The summed E-state index contributed by atoms with van der Waals surface area (Å²) in [6.07, 6.45) is 3.66. The monoisotopic (exact) mass is 273 g/mol. The Morgan fingerprint density at radius 1 is 1.20 bits per heavy atom. The molecule has 2 rings (SSSR count). The van der Waals surface area contributed by atoms with Gasteiger partial charge in [0.05, 0.1) is 19.4 Å². The summed E-state index contributed by atoms with van der Waals surface area (Å²) in [5.74, 6) is 1.95. The first kappa shape index (κ1) is 14.7. The van der Waals surface area contributed by atoms with Gasteiger partial charge >= 0.3 is 0 Å². The minimum atomic E-state index is 0.259. The molecule has 0 saturated carbocycles. The van der Waals surface area contributed by atoms with Gasteiger partial charge in [-0.2, -0.15) is 0 Å². The molecule has 0 saturated heterocycles. The zero-order valence-electron chi connectivity index (χ0n) is 12.4. The van der Waals surface area contributed by atoms with Gasteiger partial charge in [0.15, 0.2) is 0 Å². The number of benzene rings is 1. The van der Waals surface area contributed by atoms with Crippen molar-refractivity contribution in [2.45, 2.75) is 38.8 Å². The molecule has 1 aromatic heterocycles. The second-order valence-electron chi connectivity index (χ2n) is 5.06. The van der Waals surface area contributed by atoms with Gasteiger partial charge in [0.2, 0.25) is 0 Å². The van der Waals surface area contributed by atoms with Crippen LogP contribution in [0.15, 0.2) is 47.1 Å². The minimum Gasteiger partial charge on any atom is -0.496 e. The Kier molecular flexibility index (Phi) is 5.24. The van der Waals surface area contributed by atoms with E-state index in [0.717, 1.165) is 24.4 Å². The van der Waals surface area contributed by atoms with E-state index in [4.69, 9.17) is 9.15 Å². The van der Waals surface area contributed by atoms with Gasteiger partial charge in [0, 0.05) is 6.04 Å². The Bertz CT molecular complexity index is 507. The van der Waals surface area contributed by atoms with Gasteiger partial charge in [-0.3, -0.25) is 0 Å². The minimum absolute atomic E-state index is 0.259. The summed E-state index contributed by atoms with van der Waals surface area (Å²) >= 11 is 0. The third-order valence-corrected chi connectivity index (χ3v) is 3.50. The number of nitrogens with one attached hydrogen (secondary N) is 1. The van der Waals surface area contributed by atoms with E-state index in [1.807, 2.05) is 24.3 Å². The highest BCUT2D eigenvalue weighted by molar-refractivity contribution is 5.33. The number of hydrogen-bond donors (Lipinski definition) is 1. The van der Waals surface area contributed by atoms with Crippen LogP contribution in [0.5, 0.6) is 5.75 Å². The quantitative estimate of drug-likeness (QED) is 0.829. The lowest BCUT2D eigenvalue weighted by atomic mass is 10.0. The van der Waals surface area contributed by atoms with Crippen LogP contribution >= 0.6 is 0 Å². The molecule has 0 fully saturated rings. The van der Waals surface area contributed by atoms with E-state index >= 15 is 0 Å². The molecular weight excluding hydrogens is 250 g/mol. The van der Waals surface area contributed by atoms with E-state index in [2.05, 4.69) is 31.3 Å². The summed E-state index contributed by atoms with van der Waals surface area (Å²) in [5.41, 5.74) is 1.23. The maximum Gasteiger partial charge on any atom is 0.122 e. The van der Waals surface area contributed by atoms with Gasteiger partial charge in [-0.05, 0) is 43.5 Å². The van der Waals surface area contributed by atoms with E-state index in [-0.39, 0.29) is 6.04 Å². The highest BCUT2D eigenvalue weighted by atomic mass is 16.5. The third kappa shape index (κ3) is 3.64. The Hall–Kier alpha value is -1.74. The van der Waals surface area contributed by atoms with Crippen LogP contribution in [0, 0.1) is 0 Å². The standard InChI is InChI=1S/C17H23NO2/c1-4-15(17-10-7-11-20-17)18-13(2)12-14-8-5-6-9-16(14)19-3/h5-11,13,15,18H,4,12H2,1-3H3. The average Bonchev–Trinajstić information content (AvgIpc) is 2.99. The molecule has 108 valence electrons. The van der Waals surface area contributed by atoms with Crippen molar-refractivity contribution in [1.29, 1.82) is 0 Å². The van der Waals surface area contributed by atoms with Crippen LogP contribution < -0.4 is 10.1 Å². The van der Waals surface area contributed by atoms with Crippen molar-refractivity contribution in [3.63, 3.8) is 0 Å². The Balaban J connectivity index is 1.99. The first-order chi connectivity index (χ1) is 9.74. The zero-order valence-corrected chi connectivity index (χ0v) is 12.4. The fourth-order valence-corrected chi connectivity index (χ4v) is 2.49. The molecule has 2 aromatic rings. The molecule has 2 unspecified atom stereocenters. The van der Waals surface area contributed by atoms with Crippen molar-refractivity contribution in [3.8, 4) is 5.75 Å². The van der Waals surface area contributed by atoms with Crippen LogP contribution in [0.4, 0.5) is 0 Å². The lowest BCUT2D eigenvalue weighted by molar-refractivity contribution is 0.366. The molecule has 0 aliphatic heterocycles. The van der Waals surface area contributed by atoms with Crippen LogP contribution in [0.2, 0.25) is 0 Å². The van der Waals surface area contributed by atoms with Crippen molar-refractivity contribution in [2.24, 2.45) is 0 Å². The topological polar surface area (TPSA) is 34.4 Å². The maximum atomic E-state index is 5.50. The first-order valence-electron chi connectivity index (χ1n) is 7.16. The molecule has 2 atom stereocenters. The Morgan fingerprint density at radius 2 is 2.00 bits per heavy atom. The fourth-order valence-electron chi connectivity index (χ4n) is 2.49. The normalized spacial score (nSPS) is 13.9. The number of methoxy groups -OCH3 is 1. The van der Waals surface area contributed by atoms with Gasteiger partial charge in [0.1, 0.15) is 11.5 Å². The van der Waals surface area contributed by atoms with Crippen molar-refractivity contribution in [2.75, 3.05) is 7.11 Å². The van der Waals surface area contributed by atoms with Crippen LogP contribution in [-0.4, -0.2) is 13.2 Å². The summed E-state index contributed by atoms with van der Waals surface area (Å²) < 4.78 is 10.9. The molecule has 1 heterocycles. The van der Waals surface area contributed by atoms with Gasteiger partial charge in [0.25, 0.3) is 0 Å². The molecule has 0 bridgehead atoms. The van der Waals surface area contributed by atoms with Crippen LogP contribution in [0.25, 0.3) is 0 Å². The third-order valence-electron chi connectivity index (χ3n) is 3.50. The molecule has 0 aliphatic carbocycles. The summed E-state index contributed by atoms with van der Waals surface area (Å²) in [6, 6.07) is 12.7. The zero-order chi connectivity index (χ0) is 14.4. The highest BCUT2D eigenvalue weighted by Gasteiger charge is 2.16. The maximum absolute atomic E-state index is 5.50. The number of hydrogen-bond acceptors (Lipinski definition) is 3. The molecule has 1 aromatic carbocycles. The summed E-state index contributed by atoms with van der Waals surface area (Å²) in [5, 5.41) is 3.62. The van der Waals surface area contributed by atoms with Crippen molar-refractivity contribution in [1.82, 2.24) is 5.32 Å². The Morgan fingerprint density at radius 3 is 2.65 bits per heavy atom. The van der Waals surface area contributed by atoms with Gasteiger partial charge in [-0.25, -0.2) is 0 Å². The summed E-state index contributed by atoms with van der Waals surface area (Å²) in [6.45, 7) is 4.36. The van der Waals surface area contributed by atoms with E-state index in [1.54, 1.807) is 13.4 Å². The Labute approximate surface area is 121 Å². The molecule has 1 N–H and O–H groups in total.